The third-order valence-corrected chi connectivity index (χ3v) is 8.51. The van der Waals surface area contributed by atoms with Crippen LogP contribution < -0.4 is 0 Å². The van der Waals surface area contributed by atoms with E-state index in [9.17, 15) is 24.3 Å². The zero-order chi connectivity index (χ0) is 33.1. The topological polar surface area (TPSA) is 123 Å². The van der Waals surface area contributed by atoms with Crippen molar-refractivity contribution in [3.05, 3.63) is 48.1 Å². The molecule has 0 amide bonds. The van der Waals surface area contributed by atoms with Crippen LogP contribution in [0.2, 0.25) is 0 Å². The summed E-state index contributed by atoms with van der Waals surface area (Å²) in [6.45, 7) is 29.6. The zero-order valence-electron chi connectivity index (χ0n) is 27.3. The Hall–Kier alpha value is -3.02. The van der Waals surface area contributed by atoms with Crippen LogP contribution in [-0.4, -0.2) is 40.0 Å². The lowest BCUT2D eigenvalue weighted by molar-refractivity contribution is -0.191. The van der Waals surface area contributed by atoms with Gasteiger partial charge in [-0.1, -0.05) is 84.1 Å². The van der Waals surface area contributed by atoms with Crippen LogP contribution >= 0.6 is 0 Å². The van der Waals surface area contributed by atoms with Crippen molar-refractivity contribution in [3.8, 4) is 0 Å². The van der Waals surface area contributed by atoms with Gasteiger partial charge in [-0.3, -0.25) is 14.4 Å². The van der Waals surface area contributed by atoms with Crippen LogP contribution in [0.15, 0.2) is 48.1 Å². The first-order valence-corrected chi connectivity index (χ1v) is 14.0. The van der Waals surface area contributed by atoms with Gasteiger partial charge in [0.1, 0.15) is 11.4 Å². The summed E-state index contributed by atoms with van der Waals surface area (Å²) in [6.07, 6.45) is 7.73. The molecule has 7 heteroatoms. The van der Waals surface area contributed by atoms with Crippen molar-refractivity contribution in [3.63, 3.8) is 0 Å². The SMILES string of the molecule is C=C(C)[C@@H]1C=C[C@@](C)(C(O)(CC)C(C)=O)C(=O)C1(C)C.C=C(C)[C@@H]1CC=C(C)C(=O)C1(C)C.CCC(C)=O.O=C=O. The molecule has 0 spiro atoms. The van der Waals surface area contributed by atoms with E-state index in [0.717, 1.165) is 23.1 Å². The Labute approximate surface area is 247 Å². The van der Waals surface area contributed by atoms with Crippen LogP contribution in [0, 0.1) is 28.1 Å². The lowest BCUT2D eigenvalue weighted by Gasteiger charge is -2.48. The molecule has 0 aromatic heterocycles. The van der Waals surface area contributed by atoms with Gasteiger partial charge in [0.25, 0.3) is 0 Å². The van der Waals surface area contributed by atoms with Gasteiger partial charge >= 0.3 is 6.15 Å². The molecule has 4 atom stereocenters. The number of carbonyl (C=O) groups excluding carboxylic acids is 6. The summed E-state index contributed by atoms with van der Waals surface area (Å²) in [5.74, 6) is 0.279. The fourth-order valence-electron chi connectivity index (χ4n) is 5.67. The molecule has 0 heterocycles. The van der Waals surface area contributed by atoms with E-state index in [4.69, 9.17) is 9.59 Å². The molecule has 1 unspecified atom stereocenters. The quantitative estimate of drug-likeness (QED) is 0.355. The molecule has 7 nitrogen and oxygen atoms in total. The van der Waals surface area contributed by atoms with E-state index in [1.807, 2.05) is 67.5 Å². The maximum atomic E-state index is 13.0. The zero-order valence-corrected chi connectivity index (χ0v) is 27.3. The Morgan fingerprint density at radius 2 is 1.41 bits per heavy atom. The monoisotopic (exact) mass is 572 g/mol. The minimum absolute atomic E-state index is 0.0730. The van der Waals surface area contributed by atoms with Crippen LogP contribution in [0.1, 0.15) is 102 Å². The van der Waals surface area contributed by atoms with Gasteiger partial charge in [0, 0.05) is 23.2 Å². The van der Waals surface area contributed by atoms with Gasteiger partial charge in [-0.15, -0.1) is 0 Å². The second-order valence-electron chi connectivity index (χ2n) is 12.4. The van der Waals surface area contributed by atoms with Crippen LogP contribution in [-0.2, 0) is 28.8 Å². The van der Waals surface area contributed by atoms with Crippen molar-refractivity contribution in [2.45, 2.75) is 108 Å². The highest BCUT2D eigenvalue weighted by atomic mass is 16.3. The Kier molecular flexibility index (Phi) is 15.5. The minimum Gasteiger partial charge on any atom is -0.381 e. The van der Waals surface area contributed by atoms with Gasteiger partial charge in [-0.05, 0) is 65.9 Å². The number of rotatable bonds is 6. The average molecular weight is 573 g/mol. The Morgan fingerprint density at radius 3 is 1.73 bits per heavy atom. The summed E-state index contributed by atoms with van der Waals surface area (Å²) < 4.78 is 0. The summed E-state index contributed by atoms with van der Waals surface area (Å²) in [5.41, 5.74) is -0.867. The highest BCUT2D eigenvalue weighted by Gasteiger charge is 2.59. The maximum absolute atomic E-state index is 13.0. The van der Waals surface area contributed by atoms with Gasteiger partial charge in [0.15, 0.2) is 17.3 Å². The first-order chi connectivity index (χ1) is 18.5. The lowest BCUT2D eigenvalue weighted by Crippen LogP contribution is -2.60. The van der Waals surface area contributed by atoms with Crippen molar-refractivity contribution in [2.24, 2.45) is 28.1 Å². The fraction of sp³-hybridized carbons (Fsp3) is 0.618. The largest absolute Gasteiger partial charge is 0.381 e. The number of hydrogen-bond acceptors (Lipinski definition) is 7. The number of hydrogen-bond donors (Lipinski definition) is 1. The molecule has 230 valence electrons. The predicted octanol–water partition coefficient (Wildman–Crippen LogP) is 6.61. The van der Waals surface area contributed by atoms with Crippen molar-refractivity contribution >= 4 is 29.3 Å². The molecule has 0 saturated carbocycles. The van der Waals surface area contributed by atoms with Gasteiger partial charge in [-0.25, -0.2) is 0 Å². The van der Waals surface area contributed by atoms with E-state index < -0.39 is 16.4 Å². The van der Waals surface area contributed by atoms with E-state index >= 15 is 0 Å². The maximum Gasteiger partial charge on any atom is 0.373 e. The molecule has 0 aromatic rings. The molecule has 1 N–H and O–H groups in total. The number of allylic oxidation sites excluding steroid dienone is 5. The Morgan fingerprint density at radius 1 is 0.976 bits per heavy atom. The molecule has 41 heavy (non-hydrogen) atoms. The fourth-order valence-corrected chi connectivity index (χ4v) is 5.67. The Bertz CT molecular complexity index is 1110. The molecule has 2 aliphatic rings. The van der Waals surface area contributed by atoms with Crippen LogP contribution in [0.5, 0.6) is 0 Å². The molecule has 0 aromatic carbocycles. The minimum atomic E-state index is -1.65. The molecule has 0 bridgehead atoms. The third-order valence-electron chi connectivity index (χ3n) is 8.51. The second kappa shape index (κ2) is 15.8. The van der Waals surface area contributed by atoms with E-state index in [0.29, 0.717) is 12.3 Å². The van der Waals surface area contributed by atoms with Gasteiger partial charge in [0.2, 0.25) is 0 Å². The lowest BCUT2D eigenvalue weighted by atomic mass is 9.54. The summed E-state index contributed by atoms with van der Waals surface area (Å²) in [5, 5.41) is 10.8. The summed E-state index contributed by atoms with van der Waals surface area (Å²) in [7, 11) is 0. The van der Waals surface area contributed by atoms with E-state index in [1.165, 1.54) is 6.92 Å². The second-order valence-corrected chi connectivity index (χ2v) is 12.4. The Balaban J connectivity index is 0. The molecular formula is C34H52O7. The first kappa shape index (κ1) is 40.1. The van der Waals surface area contributed by atoms with Gasteiger partial charge < -0.3 is 9.90 Å². The summed E-state index contributed by atoms with van der Waals surface area (Å²) in [4.78, 5) is 62.8. The van der Waals surface area contributed by atoms with Crippen LogP contribution in [0.4, 0.5) is 0 Å². The van der Waals surface area contributed by atoms with Crippen molar-refractivity contribution in [2.75, 3.05) is 0 Å². The van der Waals surface area contributed by atoms with Crippen LogP contribution in [0.3, 0.4) is 0 Å². The molecular weight excluding hydrogens is 520 g/mol. The normalized spacial score (nSPS) is 25.1. The molecule has 2 rings (SSSR count). The molecule has 2 aliphatic carbocycles. The summed E-state index contributed by atoms with van der Waals surface area (Å²) >= 11 is 0. The highest BCUT2D eigenvalue weighted by Crippen LogP contribution is 2.50. The number of Topliss-reactive ketones (excluding diaryl/α,β-unsaturated/α-hetero) is 4. The molecule has 0 aliphatic heterocycles. The third kappa shape index (κ3) is 9.24. The predicted molar refractivity (Wildman–Crippen MR) is 162 cm³/mol. The molecule has 0 fully saturated rings. The van der Waals surface area contributed by atoms with Gasteiger partial charge in [-0.2, -0.15) is 9.59 Å². The average Bonchev–Trinajstić information content (AvgIpc) is 2.85. The summed E-state index contributed by atoms with van der Waals surface area (Å²) in [6, 6.07) is 0. The van der Waals surface area contributed by atoms with Crippen LogP contribution in [0.25, 0.3) is 0 Å². The molecule has 0 saturated heterocycles. The van der Waals surface area contributed by atoms with Crippen molar-refractivity contribution in [1.82, 2.24) is 0 Å². The van der Waals surface area contributed by atoms with E-state index in [2.05, 4.69) is 13.2 Å². The molecule has 0 radical (unpaired) electrons. The van der Waals surface area contributed by atoms with Crippen molar-refractivity contribution < 1.29 is 33.9 Å². The smallest absolute Gasteiger partial charge is 0.373 e. The standard InChI is InChI=1S/C17H26O3.C12H18O.C4H8O.CO2/c1-8-17(20,12(4)18)16(7)10-9-13(11(2)3)15(5,6)14(16)19;1-8(2)10-7-6-9(3)11(13)12(10,4)5;1-3-4(2)5;2-1-3/h9-10,13,20H,2,8H2,1,3-7H3;6,10H,1,7H2,2-5H3;3H2,1-2H3;/t13-,16+,17?;10-;;/m00../s1. The highest BCUT2D eigenvalue weighted by molar-refractivity contribution is 6.01. The van der Waals surface area contributed by atoms with E-state index in [-0.39, 0.29) is 47.0 Å². The van der Waals surface area contributed by atoms with E-state index in [1.54, 1.807) is 26.8 Å². The van der Waals surface area contributed by atoms with Gasteiger partial charge in [0.05, 0.1) is 5.41 Å². The van der Waals surface area contributed by atoms with Crippen molar-refractivity contribution in [1.29, 1.82) is 0 Å². The number of aliphatic hydroxyl groups is 1. The first-order valence-electron chi connectivity index (χ1n) is 14.0. The number of carbonyl (C=O) groups is 4. The number of ketones is 4.